The second-order valence-corrected chi connectivity index (χ2v) is 4.61. The first-order valence-electron chi connectivity index (χ1n) is 5.13. The highest BCUT2D eigenvalue weighted by atomic mass is 32.1. The Hall–Kier alpha value is -1.16. The molecule has 2 aromatic heterocycles. The lowest BCUT2D eigenvalue weighted by atomic mass is 10.4. The first-order valence-corrected chi connectivity index (χ1v) is 6.01. The molecular weight excluding hydrogens is 206 g/mol. The van der Waals surface area contributed by atoms with Crippen LogP contribution in [-0.2, 0) is 13.0 Å². The Bertz CT molecular complexity index is 456. The van der Waals surface area contributed by atoms with Crippen molar-refractivity contribution < 1.29 is 0 Å². The molecule has 2 rings (SSSR count). The summed E-state index contributed by atoms with van der Waals surface area (Å²) < 4.78 is 2.00. The van der Waals surface area contributed by atoms with Crippen LogP contribution in [0.4, 0.5) is 0 Å². The van der Waals surface area contributed by atoms with Crippen LogP contribution in [0.2, 0.25) is 0 Å². The van der Waals surface area contributed by atoms with Gasteiger partial charge in [-0.1, -0.05) is 6.92 Å². The monoisotopic (exact) mass is 221 g/mol. The molecule has 2 heterocycles. The van der Waals surface area contributed by atoms with Gasteiger partial charge in [0.15, 0.2) is 0 Å². The van der Waals surface area contributed by atoms with Crippen molar-refractivity contribution in [1.82, 2.24) is 14.8 Å². The first kappa shape index (κ1) is 10.4. The summed E-state index contributed by atoms with van der Waals surface area (Å²) >= 11 is 1.73. The van der Waals surface area contributed by atoms with Crippen molar-refractivity contribution >= 4 is 11.3 Å². The predicted molar refractivity (Wildman–Crippen MR) is 62.3 cm³/mol. The number of hydrogen-bond acceptors (Lipinski definition) is 3. The molecule has 0 atom stereocenters. The van der Waals surface area contributed by atoms with Crippen LogP contribution in [0.5, 0.6) is 0 Å². The number of hydrogen-bond donors (Lipinski definition) is 0. The normalized spacial score (nSPS) is 10.9. The fourth-order valence-corrected chi connectivity index (χ4v) is 2.31. The van der Waals surface area contributed by atoms with E-state index >= 15 is 0 Å². The van der Waals surface area contributed by atoms with Crippen LogP contribution in [0.1, 0.15) is 29.0 Å². The van der Waals surface area contributed by atoms with Gasteiger partial charge in [-0.2, -0.15) is 5.10 Å². The van der Waals surface area contributed by atoms with Gasteiger partial charge < -0.3 is 0 Å². The van der Waals surface area contributed by atoms with Gasteiger partial charge in [0, 0.05) is 11.1 Å². The summed E-state index contributed by atoms with van der Waals surface area (Å²) in [6.07, 6.45) is 1.02. The molecule has 0 bridgehead atoms. The Morgan fingerprint density at radius 2 is 2.20 bits per heavy atom. The van der Waals surface area contributed by atoms with E-state index in [9.17, 15) is 0 Å². The minimum absolute atomic E-state index is 0.788. The number of nitrogens with zero attached hydrogens (tertiary/aromatic N) is 3. The highest BCUT2D eigenvalue weighted by molar-refractivity contribution is 7.09. The Labute approximate surface area is 93.8 Å². The molecule has 0 amide bonds. The Morgan fingerprint density at radius 3 is 2.73 bits per heavy atom. The third kappa shape index (κ3) is 2.26. The van der Waals surface area contributed by atoms with Crippen molar-refractivity contribution in [2.45, 2.75) is 33.7 Å². The molecule has 0 aliphatic heterocycles. The summed E-state index contributed by atoms with van der Waals surface area (Å²) in [6, 6.07) is 2.09. The van der Waals surface area contributed by atoms with Crippen molar-refractivity contribution in [2.24, 2.45) is 0 Å². The summed E-state index contributed by atoms with van der Waals surface area (Å²) in [6.45, 7) is 7.01. The van der Waals surface area contributed by atoms with E-state index in [2.05, 4.69) is 35.4 Å². The molecule has 15 heavy (non-hydrogen) atoms. The fourth-order valence-electron chi connectivity index (χ4n) is 1.57. The van der Waals surface area contributed by atoms with Gasteiger partial charge >= 0.3 is 0 Å². The molecular formula is C11H15N3S. The van der Waals surface area contributed by atoms with E-state index in [1.165, 1.54) is 10.7 Å². The fraction of sp³-hybridized carbons (Fsp3) is 0.455. The molecule has 0 aromatic carbocycles. The van der Waals surface area contributed by atoms with Crippen LogP contribution < -0.4 is 0 Å². The molecule has 0 fully saturated rings. The van der Waals surface area contributed by atoms with Gasteiger partial charge in [-0.05, 0) is 26.3 Å². The van der Waals surface area contributed by atoms with E-state index in [-0.39, 0.29) is 0 Å². The average Bonchev–Trinajstić information content (AvgIpc) is 2.75. The van der Waals surface area contributed by atoms with Gasteiger partial charge in [-0.25, -0.2) is 4.98 Å². The van der Waals surface area contributed by atoms with Gasteiger partial charge in [0.05, 0.1) is 22.9 Å². The number of aryl methyl sites for hydroxylation is 3. The molecule has 0 aliphatic carbocycles. The molecule has 3 nitrogen and oxygen atoms in total. The summed E-state index contributed by atoms with van der Waals surface area (Å²) in [7, 11) is 0. The predicted octanol–water partition coefficient (Wildman–Crippen LogP) is 2.57. The van der Waals surface area contributed by atoms with Crippen molar-refractivity contribution in [2.75, 3.05) is 0 Å². The Morgan fingerprint density at radius 1 is 1.40 bits per heavy atom. The van der Waals surface area contributed by atoms with E-state index in [1.807, 2.05) is 11.6 Å². The second kappa shape index (κ2) is 4.14. The lowest BCUT2D eigenvalue weighted by molar-refractivity contribution is 0.648. The molecule has 0 N–H and O–H groups in total. The molecule has 0 aliphatic rings. The van der Waals surface area contributed by atoms with E-state index in [4.69, 9.17) is 0 Å². The SMILES string of the molecule is CCc1nc(Cn2nc(C)cc2C)cs1. The molecule has 2 aromatic rings. The summed E-state index contributed by atoms with van der Waals surface area (Å²) in [5.74, 6) is 0. The van der Waals surface area contributed by atoms with Crippen molar-refractivity contribution in [3.8, 4) is 0 Å². The molecule has 4 heteroatoms. The lowest BCUT2D eigenvalue weighted by Crippen LogP contribution is -2.04. The van der Waals surface area contributed by atoms with Crippen LogP contribution in [0, 0.1) is 13.8 Å². The minimum atomic E-state index is 0.788. The maximum Gasteiger partial charge on any atom is 0.0926 e. The van der Waals surface area contributed by atoms with Crippen LogP contribution in [0.25, 0.3) is 0 Å². The molecule has 80 valence electrons. The zero-order valence-electron chi connectivity index (χ0n) is 9.32. The van der Waals surface area contributed by atoms with Crippen LogP contribution in [0.3, 0.4) is 0 Å². The largest absolute Gasteiger partial charge is 0.264 e. The van der Waals surface area contributed by atoms with Gasteiger partial charge in [0.2, 0.25) is 0 Å². The Balaban J connectivity index is 2.17. The van der Waals surface area contributed by atoms with Gasteiger partial charge in [0.1, 0.15) is 0 Å². The van der Waals surface area contributed by atoms with E-state index in [0.29, 0.717) is 0 Å². The van der Waals surface area contributed by atoms with Gasteiger partial charge in [-0.15, -0.1) is 11.3 Å². The lowest BCUT2D eigenvalue weighted by Gasteiger charge is -2.00. The van der Waals surface area contributed by atoms with E-state index in [0.717, 1.165) is 24.4 Å². The van der Waals surface area contributed by atoms with Crippen LogP contribution in [-0.4, -0.2) is 14.8 Å². The topological polar surface area (TPSA) is 30.7 Å². The molecule has 0 saturated heterocycles. The quantitative estimate of drug-likeness (QED) is 0.797. The highest BCUT2D eigenvalue weighted by Crippen LogP contribution is 2.12. The van der Waals surface area contributed by atoms with Crippen LogP contribution >= 0.6 is 11.3 Å². The molecule has 0 unspecified atom stereocenters. The van der Waals surface area contributed by atoms with E-state index < -0.39 is 0 Å². The number of thiazole rings is 1. The van der Waals surface area contributed by atoms with Crippen LogP contribution in [0.15, 0.2) is 11.4 Å². The molecule has 0 spiro atoms. The maximum atomic E-state index is 4.53. The van der Waals surface area contributed by atoms with Gasteiger partial charge in [-0.3, -0.25) is 4.68 Å². The standard InChI is InChI=1S/C11H15N3S/c1-4-11-12-10(7-15-11)6-14-9(3)5-8(2)13-14/h5,7H,4,6H2,1-3H3. The summed E-state index contributed by atoms with van der Waals surface area (Å²) in [5.41, 5.74) is 3.38. The van der Waals surface area contributed by atoms with Crippen molar-refractivity contribution in [3.05, 3.63) is 33.5 Å². The maximum absolute atomic E-state index is 4.53. The van der Waals surface area contributed by atoms with Crippen molar-refractivity contribution in [3.63, 3.8) is 0 Å². The third-order valence-electron chi connectivity index (χ3n) is 2.32. The average molecular weight is 221 g/mol. The number of rotatable bonds is 3. The summed E-state index contributed by atoms with van der Waals surface area (Å²) in [5, 5.41) is 7.74. The third-order valence-corrected chi connectivity index (χ3v) is 3.36. The Kier molecular flexibility index (Phi) is 2.86. The minimum Gasteiger partial charge on any atom is -0.264 e. The smallest absolute Gasteiger partial charge is 0.0926 e. The molecule has 0 saturated carbocycles. The molecule has 0 radical (unpaired) electrons. The highest BCUT2D eigenvalue weighted by Gasteiger charge is 2.04. The summed E-state index contributed by atoms with van der Waals surface area (Å²) in [4.78, 5) is 4.53. The van der Waals surface area contributed by atoms with Gasteiger partial charge in [0.25, 0.3) is 0 Å². The van der Waals surface area contributed by atoms with Crippen molar-refractivity contribution in [1.29, 1.82) is 0 Å². The zero-order chi connectivity index (χ0) is 10.8. The number of aromatic nitrogens is 3. The van der Waals surface area contributed by atoms with E-state index in [1.54, 1.807) is 11.3 Å². The second-order valence-electron chi connectivity index (χ2n) is 3.67. The first-order chi connectivity index (χ1) is 7.19. The zero-order valence-corrected chi connectivity index (χ0v) is 10.1.